The number of carboxylic acid groups (broad SMARTS) is 1. The van der Waals surface area contributed by atoms with Gasteiger partial charge in [-0.2, -0.15) is 0 Å². The number of nitrogens with one attached hydrogen (secondary N) is 1. The molecule has 0 radical (unpaired) electrons. The number of amides is 1. The number of carbonyl (C=O) groups excluding carboxylic acids is 1. The van der Waals surface area contributed by atoms with Gasteiger partial charge >= 0.3 is 5.97 Å². The molecule has 0 aliphatic rings. The van der Waals surface area contributed by atoms with Crippen LogP contribution in [0.1, 0.15) is 32.8 Å². The number of hydrogen-bond donors (Lipinski definition) is 3. The van der Waals surface area contributed by atoms with Gasteiger partial charge in [0.2, 0.25) is 5.91 Å². The molecule has 21 heavy (non-hydrogen) atoms. The van der Waals surface area contributed by atoms with Crippen LogP contribution in [-0.4, -0.2) is 29.1 Å². The van der Waals surface area contributed by atoms with E-state index >= 15 is 0 Å². The average molecular weight is 292 g/mol. The van der Waals surface area contributed by atoms with Gasteiger partial charge in [0.15, 0.2) is 0 Å². The molecule has 0 aliphatic carbocycles. The largest absolute Gasteiger partial charge is 0.480 e. The third kappa shape index (κ3) is 5.55. The molecule has 0 bridgehead atoms. The molecule has 0 aromatic heterocycles. The Kier molecular flexibility index (Phi) is 5.90. The van der Waals surface area contributed by atoms with E-state index in [0.29, 0.717) is 12.8 Å². The van der Waals surface area contributed by atoms with E-state index in [9.17, 15) is 14.7 Å². The number of hydrogen-bond acceptors (Lipinski definition) is 3. The van der Waals surface area contributed by atoms with Crippen molar-refractivity contribution in [3.05, 3.63) is 35.9 Å². The van der Waals surface area contributed by atoms with Gasteiger partial charge in [0, 0.05) is 0 Å². The van der Waals surface area contributed by atoms with Crippen LogP contribution in [0.2, 0.25) is 0 Å². The summed E-state index contributed by atoms with van der Waals surface area (Å²) in [6.45, 7) is 5.53. The lowest BCUT2D eigenvalue weighted by molar-refractivity contribution is -0.142. The summed E-state index contributed by atoms with van der Waals surface area (Å²) < 4.78 is 0. The predicted octanol–water partition coefficient (Wildman–Crippen LogP) is 1.56. The van der Waals surface area contributed by atoms with Crippen molar-refractivity contribution >= 4 is 11.9 Å². The minimum Gasteiger partial charge on any atom is -0.480 e. The Morgan fingerprint density at radius 2 is 1.81 bits per heavy atom. The van der Waals surface area contributed by atoms with E-state index in [1.54, 1.807) is 0 Å². The number of nitrogens with two attached hydrogens (primary N) is 1. The van der Waals surface area contributed by atoms with Crippen LogP contribution in [0.25, 0.3) is 0 Å². The van der Waals surface area contributed by atoms with E-state index in [4.69, 9.17) is 5.73 Å². The van der Waals surface area contributed by atoms with Gasteiger partial charge in [0.1, 0.15) is 6.04 Å². The highest BCUT2D eigenvalue weighted by molar-refractivity contribution is 5.87. The third-order valence-corrected chi connectivity index (χ3v) is 3.39. The van der Waals surface area contributed by atoms with Crippen molar-refractivity contribution in [3.63, 3.8) is 0 Å². The highest BCUT2D eigenvalue weighted by Crippen LogP contribution is 2.17. The van der Waals surface area contributed by atoms with Gasteiger partial charge in [0.25, 0.3) is 0 Å². The second kappa shape index (κ2) is 7.22. The quantitative estimate of drug-likeness (QED) is 0.742. The van der Waals surface area contributed by atoms with Gasteiger partial charge in [-0.25, -0.2) is 4.79 Å². The average Bonchev–Trinajstić information content (AvgIpc) is 2.42. The summed E-state index contributed by atoms with van der Waals surface area (Å²) in [5.74, 6) is -1.47. The minimum absolute atomic E-state index is 0.335. The first-order chi connectivity index (χ1) is 9.71. The van der Waals surface area contributed by atoms with Gasteiger partial charge in [-0.3, -0.25) is 4.79 Å². The summed E-state index contributed by atoms with van der Waals surface area (Å²) >= 11 is 0. The number of carbonyl (C=O) groups is 2. The fraction of sp³-hybridized carbons (Fsp3) is 0.500. The number of carboxylic acids is 1. The Morgan fingerprint density at radius 1 is 1.24 bits per heavy atom. The van der Waals surface area contributed by atoms with Crippen LogP contribution >= 0.6 is 0 Å². The van der Waals surface area contributed by atoms with Crippen molar-refractivity contribution in [2.45, 2.75) is 45.7 Å². The molecule has 2 atom stereocenters. The van der Waals surface area contributed by atoms with E-state index in [1.165, 1.54) is 0 Å². The summed E-state index contributed by atoms with van der Waals surface area (Å²) in [5.41, 5.74) is 6.47. The number of aliphatic carboxylic acids is 1. The maximum atomic E-state index is 12.0. The lowest BCUT2D eigenvalue weighted by Crippen LogP contribution is -2.53. The Bertz CT molecular complexity index is 480. The molecular weight excluding hydrogens is 268 g/mol. The van der Waals surface area contributed by atoms with E-state index < -0.39 is 29.4 Å². The zero-order chi connectivity index (χ0) is 16.0. The molecule has 0 saturated carbocycles. The summed E-state index contributed by atoms with van der Waals surface area (Å²) in [4.78, 5) is 23.3. The number of rotatable bonds is 6. The molecule has 1 unspecified atom stereocenters. The van der Waals surface area contributed by atoms with Gasteiger partial charge < -0.3 is 16.2 Å². The van der Waals surface area contributed by atoms with Crippen LogP contribution in [0.5, 0.6) is 0 Å². The summed E-state index contributed by atoms with van der Waals surface area (Å²) in [6, 6.07) is 7.91. The van der Waals surface area contributed by atoms with Crippen molar-refractivity contribution in [1.82, 2.24) is 5.32 Å². The second-order valence-electron chi connectivity index (χ2n) is 6.27. The van der Waals surface area contributed by atoms with Crippen LogP contribution in [0.4, 0.5) is 0 Å². The molecule has 0 spiro atoms. The van der Waals surface area contributed by atoms with E-state index in [1.807, 2.05) is 51.1 Å². The molecule has 1 amide bonds. The molecule has 1 rings (SSSR count). The van der Waals surface area contributed by atoms with Gasteiger partial charge in [-0.1, -0.05) is 51.1 Å². The number of aryl methyl sites for hydroxylation is 1. The fourth-order valence-corrected chi connectivity index (χ4v) is 1.87. The maximum Gasteiger partial charge on any atom is 0.326 e. The Hall–Kier alpha value is -1.88. The van der Waals surface area contributed by atoms with E-state index in [0.717, 1.165) is 5.56 Å². The zero-order valence-electron chi connectivity index (χ0n) is 12.8. The highest BCUT2D eigenvalue weighted by Gasteiger charge is 2.30. The molecular formula is C16H24N2O3. The van der Waals surface area contributed by atoms with Gasteiger partial charge in [-0.05, 0) is 23.8 Å². The van der Waals surface area contributed by atoms with Crippen molar-refractivity contribution in [1.29, 1.82) is 0 Å². The first-order valence-electron chi connectivity index (χ1n) is 7.04. The van der Waals surface area contributed by atoms with Crippen molar-refractivity contribution in [2.75, 3.05) is 0 Å². The molecule has 0 aliphatic heterocycles. The molecule has 0 saturated heterocycles. The Labute approximate surface area is 125 Å². The SMILES string of the molecule is CC(C)(C)[C@H](N)C(=O)NC(CCc1ccccc1)C(=O)O. The van der Waals surface area contributed by atoms with E-state index in [2.05, 4.69) is 5.32 Å². The topological polar surface area (TPSA) is 92.4 Å². The first kappa shape index (κ1) is 17.2. The summed E-state index contributed by atoms with van der Waals surface area (Å²) in [7, 11) is 0. The Balaban J connectivity index is 2.62. The molecule has 5 nitrogen and oxygen atoms in total. The standard InChI is InChI=1S/C16H24N2O3/c1-16(2,3)13(17)14(19)18-12(15(20)21)10-9-11-7-5-4-6-8-11/h4-8,12-13H,9-10,17H2,1-3H3,(H,18,19)(H,20,21)/t12?,13-/m1/s1. The molecule has 4 N–H and O–H groups in total. The summed E-state index contributed by atoms with van der Waals surface area (Å²) in [6.07, 6.45) is 0.921. The lowest BCUT2D eigenvalue weighted by Gasteiger charge is -2.27. The monoisotopic (exact) mass is 292 g/mol. The second-order valence-corrected chi connectivity index (χ2v) is 6.27. The van der Waals surface area contributed by atoms with Crippen molar-refractivity contribution in [2.24, 2.45) is 11.1 Å². The molecule has 1 aromatic carbocycles. The normalized spacial score (nSPS) is 14.3. The maximum absolute atomic E-state index is 12.0. The first-order valence-corrected chi connectivity index (χ1v) is 7.04. The van der Waals surface area contributed by atoms with Crippen LogP contribution in [0.15, 0.2) is 30.3 Å². The number of benzene rings is 1. The zero-order valence-corrected chi connectivity index (χ0v) is 12.8. The summed E-state index contributed by atoms with van der Waals surface area (Å²) in [5, 5.41) is 11.8. The smallest absolute Gasteiger partial charge is 0.326 e. The molecule has 1 aromatic rings. The van der Waals surface area contributed by atoms with Crippen LogP contribution < -0.4 is 11.1 Å². The molecule has 116 valence electrons. The lowest BCUT2D eigenvalue weighted by atomic mass is 9.86. The minimum atomic E-state index is -1.04. The van der Waals surface area contributed by atoms with Gasteiger partial charge in [-0.15, -0.1) is 0 Å². The van der Waals surface area contributed by atoms with Crippen LogP contribution in [-0.2, 0) is 16.0 Å². The highest BCUT2D eigenvalue weighted by atomic mass is 16.4. The van der Waals surface area contributed by atoms with Crippen molar-refractivity contribution < 1.29 is 14.7 Å². The van der Waals surface area contributed by atoms with Crippen LogP contribution in [0, 0.1) is 5.41 Å². The van der Waals surface area contributed by atoms with Gasteiger partial charge in [0.05, 0.1) is 6.04 Å². The predicted molar refractivity (Wildman–Crippen MR) is 81.8 cm³/mol. The van der Waals surface area contributed by atoms with Crippen molar-refractivity contribution in [3.8, 4) is 0 Å². The van der Waals surface area contributed by atoms with E-state index in [-0.39, 0.29) is 0 Å². The molecule has 5 heteroatoms. The molecule has 0 fully saturated rings. The van der Waals surface area contributed by atoms with Crippen LogP contribution in [0.3, 0.4) is 0 Å². The third-order valence-electron chi connectivity index (χ3n) is 3.39. The Morgan fingerprint density at radius 3 is 2.29 bits per heavy atom. The fourth-order valence-electron chi connectivity index (χ4n) is 1.87. The molecule has 0 heterocycles.